The van der Waals surface area contributed by atoms with Gasteiger partial charge in [0.25, 0.3) is 0 Å². The summed E-state index contributed by atoms with van der Waals surface area (Å²) in [5.74, 6) is 0.950. The van der Waals surface area contributed by atoms with Crippen molar-refractivity contribution in [2.45, 2.75) is 20.3 Å². The van der Waals surface area contributed by atoms with Gasteiger partial charge >= 0.3 is 0 Å². The average molecular weight is 271 g/mol. The highest BCUT2D eigenvalue weighted by Crippen LogP contribution is 2.19. The third-order valence-electron chi connectivity index (χ3n) is 2.12. The molecule has 0 aliphatic rings. The van der Waals surface area contributed by atoms with Crippen LogP contribution in [0.3, 0.4) is 0 Å². The number of rotatable bonds is 5. The first kappa shape index (κ1) is 12.2. The number of hydrogen-bond donors (Lipinski definition) is 0. The zero-order valence-corrected chi connectivity index (χ0v) is 10.6. The smallest absolute Gasteiger partial charge is 0.159 e. The summed E-state index contributed by atoms with van der Waals surface area (Å²) in [7, 11) is 0. The van der Waals surface area contributed by atoms with Gasteiger partial charge in [0.1, 0.15) is 5.75 Å². The Kier molecular flexibility index (Phi) is 4.82. The number of carbonyl (C=O) groups is 1. The van der Waals surface area contributed by atoms with Gasteiger partial charge in [0.15, 0.2) is 5.78 Å². The molecule has 0 unspecified atom stereocenters. The summed E-state index contributed by atoms with van der Waals surface area (Å²) < 4.78 is 5.57. The minimum atomic E-state index is 0.0881. The van der Waals surface area contributed by atoms with E-state index >= 15 is 0 Å². The topological polar surface area (TPSA) is 26.3 Å². The highest BCUT2D eigenvalue weighted by atomic mass is 79.9. The summed E-state index contributed by atoms with van der Waals surface area (Å²) in [6.07, 6.45) is 0.980. The molecule has 0 aliphatic heterocycles. The lowest BCUT2D eigenvalue weighted by Crippen LogP contribution is -2.00. The number of ketones is 1. The zero-order valence-electron chi connectivity index (χ0n) is 9.05. The predicted octanol–water partition coefficient (Wildman–Crippen LogP) is 3.36. The quantitative estimate of drug-likeness (QED) is 0.466. The van der Waals surface area contributed by atoms with Gasteiger partial charge < -0.3 is 4.74 Å². The standard InChI is InChI=1S/C12H15BrO2/c1-9-8-11(10(2)14)4-5-12(9)15-7-3-6-13/h4-5,8H,3,6-7H2,1-2H3. The van der Waals surface area contributed by atoms with Crippen LogP contribution in [0.5, 0.6) is 5.75 Å². The molecule has 3 heteroatoms. The second-order valence-corrected chi connectivity index (χ2v) is 4.22. The highest BCUT2D eigenvalue weighted by molar-refractivity contribution is 9.09. The van der Waals surface area contributed by atoms with Crippen molar-refractivity contribution in [3.05, 3.63) is 29.3 Å². The first-order valence-corrected chi connectivity index (χ1v) is 6.07. The number of aryl methyl sites for hydroxylation is 1. The summed E-state index contributed by atoms with van der Waals surface area (Å²) in [4.78, 5) is 11.1. The first-order valence-electron chi connectivity index (χ1n) is 4.95. The molecular formula is C12H15BrO2. The van der Waals surface area contributed by atoms with E-state index in [9.17, 15) is 4.79 Å². The van der Waals surface area contributed by atoms with E-state index in [1.165, 1.54) is 0 Å². The molecule has 1 rings (SSSR count). The normalized spacial score (nSPS) is 10.1. The van der Waals surface area contributed by atoms with Crippen LogP contribution in [0, 0.1) is 6.92 Å². The lowest BCUT2D eigenvalue weighted by molar-refractivity contribution is 0.101. The molecular weight excluding hydrogens is 256 g/mol. The Hall–Kier alpha value is -0.830. The van der Waals surface area contributed by atoms with Crippen LogP contribution in [-0.4, -0.2) is 17.7 Å². The SMILES string of the molecule is CC(=O)c1ccc(OCCCBr)c(C)c1. The average Bonchev–Trinajstić information content (AvgIpc) is 2.20. The molecule has 0 bridgehead atoms. The highest BCUT2D eigenvalue weighted by Gasteiger charge is 2.03. The fourth-order valence-electron chi connectivity index (χ4n) is 1.27. The number of ether oxygens (including phenoxy) is 1. The van der Waals surface area contributed by atoms with E-state index in [0.29, 0.717) is 6.61 Å². The van der Waals surface area contributed by atoms with Crippen LogP contribution in [0.2, 0.25) is 0 Å². The van der Waals surface area contributed by atoms with Crippen molar-refractivity contribution >= 4 is 21.7 Å². The van der Waals surface area contributed by atoms with Crippen LogP contribution in [0.15, 0.2) is 18.2 Å². The Labute approximate surface area is 98.8 Å². The largest absolute Gasteiger partial charge is 0.493 e. The van der Waals surface area contributed by atoms with Gasteiger partial charge in [-0.1, -0.05) is 15.9 Å². The van der Waals surface area contributed by atoms with Crippen LogP contribution in [0.1, 0.15) is 29.3 Å². The molecule has 0 N–H and O–H groups in total. The number of carbonyl (C=O) groups excluding carboxylic acids is 1. The van der Waals surface area contributed by atoms with Crippen LogP contribution < -0.4 is 4.74 Å². The molecule has 1 aromatic carbocycles. The van der Waals surface area contributed by atoms with Gasteiger partial charge in [0, 0.05) is 10.9 Å². The number of alkyl halides is 1. The van der Waals surface area contributed by atoms with Crippen LogP contribution in [0.25, 0.3) is 0 Å². The molecule has 0 fully saturated rings. The maximum atomic E-state index is 11.1. The number of benzene rings is 1. The molecule has 0 atom stereocenters. The van der Waals surface area contributed by atoms with Crippen LogP contribution in [-0.2, 0) is 0 Å². The third-order valence-corrected chi connectivity index (χ3v) is 2.68. The minimum Gasteiger partial charge on any atom is -0.493 e. The Balaban J connectivity index is 2.70. The monoisotopic (exact) mass is 270 g/mol. The van der Waals surface area contributed by atoms with Gasteiger partial charge in [-0.05, 0) is 44.0 Å². The molecule has 0 aliphatic carbocycles. The first-order chi connectivity index (χ1) is 7.15. The van der Waals surface area contributed by atoms with Gasteiger partial charge in [-0.3, -0.25) is 4.79 Å². The van der Waals surface area contributed by atoms with Crippen molar-refractivity contribution in [3.8, 4) is 5.75 Å². The molecule has 2 nitrogen and oxygen atoms in total. The Bertz CT molecular complexity index is 347. The Morgan fingerprint density at radius 1 is 1.47 bits per heavy atom. The number of hydrogen-bond acceptors (Lipinski definition) is 2. The lowest BCUT2D eigenvalue weighted by Gasteiger charge is -2.09. The van der Waals surface area contributed by atoms with Crippen molar-refractivity contribution in [3.63, 3.8) is 0 Å². The number of Topliss-reactive ketones (excluding diaryl/α,β-unsaturated/α-hetero) is 1. The molecule has 0 amide bonds. The van der Waals surface area contributed by atoms with Crippen molar-refractivity contribution in [1.82, 2.24) is 0 Å². The molecule has 0 heterocycles. The third kappa shape index (κ3) is 3.67. The minimum absolute atomic E-state index is 0.0881. The Morgan fingerprint density at radius 3 is 2.73 bits per heavy atom. The van der Waals surface area contributed by atoms with Crippen LogP contribution in [0.4, 0.5) is 0 Å². The molecule has 0 radical (unpaired) electrons. The zero-order chi connectivity index (χ0) is 11.3. The van der Waals surface area contributed by atoms with Crippen molar-refractivity contribution in [2.24, 2.45) is 0 Å². The van der Waals surface area contributed by atoms with E-state index in [1.807, 2.05) is 19.1 Å². The lowest BCUT2D eigenvalue weighted by atomic mass is 10.1. The van der Waals surface area contributed by atoms with E-state index in [-0.39, 0.29) is 5.78 Å². The molecule has 0 saturated heterocycles. The summed E-state index contributed by atoms with van der Waals surface area (Å²) in [6.45, 7) is 4.22. The summed E-state index contributed by atoms with van der Waals surface area (Å²) in [6, 6.07) is 5.53. The van der Waals surface area contributed by atoms with Gasteiger partial charge in [-0.25, -0.2) is 0 Å². The molecule has 82 valence electrons. The fourth-order valence-corrected chi connectivity index (χ4v) is 1.50. The van der Waals surface area contributed by atoms with Gasteiger partial charge in [0.2, 0.25) is 0 Å². The van der Waals surface area contributed by atoms with Crippen LogP contribution >= 0.6 is 15.9 Å². The van der Waals surface area contributed by atoms with Crippen molar-refractivity contribution in [2.75, 3.05) is 11.9 Å². The molecule has 1 aromatic rings. The molecule has 0 spiro atoms. The summed E-state index contributed by atoms with van der Waals surface area (Å²) in [5.41, 5.74) is 1.75. The van der Waals surface area contributed by atoms with E-state index in [2.05, 4.69) is 15.9 Å². The van der Waals surface area contributed by atoms with Gasteiger partial charge in [-0.15, -0.1) is 0 Å². The summed E-state index contributed by atoms with van der Waals surface area (Å²) in [5, 5.41) is 0.942. The molecule has 15 heavy (non-hydrogen) atoms. The summed E-state index contributed by atoms with van der Waals surface area (Å²) >= 11 is 3.35. The van der Waals surface area contributed by atoms with Crippen molar-refractivity contribution < 1.29 is 9.53 Å². The second-order valence-electron chi connectivity index (χ2n) is 3.43. The van der Waals surface area contributed by atoms with E-state index in [1.54, 1.807) is 13.0 Å². The van der Waals surface area contributed by atoms with Gasteiger partial charge in [-0.2, -0.15) is 0 Å². The molecule has 0 saturated carbocycles. The number of halogens is 1. The molecule has 0 aromatic heterocycles. The maximum absolute atomic E-state index is 11.1. The predicted molar refractivity (Wildman–Crippen MR) is 65.1 cm³/mol. The van der Waals surface area contributed by atoms with Gasteiger partial charge in [0.05, 0.1) is 6.61 Å². The maximum Gasteiger partial charge on any atom is 0.159 e. The van der Waals surface area contributed by atoms with E-state index in [0.717, 1.165) is 28.6 Å². The van der Waals surface area contributed by atoms with E-state index < -0.39 is 0 Å². The Morgan fingerprint density at radius 2 is 2.20 bits per heavy atom. The second kappa shape index (κ2) is 5.91. The fraction of sp³-hybridized carbons (Fsp3) is 0.417. The van der Waals surface area contributed by atoms with Crippen molar-refractivity contribution in [1.29, 1.82) is 0 Å². The van der Waals surface area contributed by atoms with E-state index in [4.69, 9.17) is 4.74 Å².